The molecule has 0 aliphatic heterocycles. The van der Waals surface area contributed by atoms with Gasteiger partial charge in [-0.25, -0.2) is 12.8 Å². The quantitative estimate of drug-likeness (QED) is 0.578. The van der Waals surface area contributed by atoms with E-state index in [-0.39, 0.29) is 16.3 Å². The average molecular weight is 443 g/mol. The van der Waals surface area contributed by atoms with Gasteiger partial charge in [-0.2, -0.15) is 0 Å². The monoisotopic (exact) mass is 442 g/mol. The molecule has 0 unspecified atom stereocenters. The second kappa shape index (κ2) is 9.61. The number of anilines is 1. The highest BCUT2D eigenvalue weighted by Crippen LogP contribution is 2.24. The van der Waals surface area contributed by atoms with Crippen LogP contribution in [0, 0.1) is 5.82 Å². The van der Waals surface area contributed by atoms with Crippen molar-refractivity contribution >= 4 is 21.6 Å². The highest BCUT2D eigenvalue weighted by Gasteiger charge is 2.22. The minimum absolute atomic E-state index is 0.00333. The summed E-state index contributed by atoms with van der Waals surface area (Å²) in [5.74, 6) is -0.116. The molecule has 0 bridgehead atoms. The first-order valence-corrected chi connectivity index (χ1v) is 11.0. The third-order valence-electron chi connectivity index (χ3n) is 4.78. The highest BCUT2D eigenvalue weighted by molar-refractivity contribution is 7.92. The number of benzene rings is 3. The predicted molar refractivity (Wildman–Crippen MR) is 117 cm³/mol. The van der Waals surface area contributed by atoms with E-state index in [4.69, 9.17) is 4.74 Å². The molecule has 0 saturated carbocycles. The summed E-state index contributed by atoms with van der Waals surface area (Å²) in [7, 11) is -0.886. The first kappa shape index (κ1) is 22.3. The maximum absolute atomic E-state index is 13.2. The van der Waals surface area contributed by atoms with Crippen LogP contribution in [0.15, 0.2) is 77.7 Å². The number of carbonyl (C=O) groups excluding carboxylic acids is 1. The summed E-state index contributed by atoms with van der Waals surface area (Å²) < 4.78 is 45.5. The lowest BCUT2D eigenvalue weighted by Crippen LogP contribution is -2.28. The normalized spacial score (nSPS) is 11.1. The van der Waals surface area contributed by atoms with Crippen molar-refractivity contribution in [1.29, 1.82) is 0 Å². The van der Waals surface area contributed by atoms with Crippen molar-refractivity contribution in [3.63, 3.8) is 0 Å². The van der Waals surface area contributed by atoms with Crippen molar-refractivity contribution in [3.8, 4) is 5.75 Å². The SMILES string of the molecule is COc1ccc(N(C)S(=O)(=O)c2cccc(C(=O)NCCc3cccc(F)c3)c2)cc1. The number of hydrogen-bond acceptors (Lipinski definition) is 4. The molecule has 0 radical (unpaired) electrons. The molecule has 0 aliphatic rings. The Bertz CT molecular complexity index is 1160. The number of rotatable bonds is 8. The topological polar surface area (TPSA) is 75.7 Å². The number of sulfonamides is 1. The summed E-state index contributed by atoms with van der Waals surface area (Å²) in [6.45, 7) is 0.297. The van der Waals surface area contributed by atoms with Crippen molar-refractivity contribution in [2.24, 2.45) is 0 Å². The zero-order chi connectivity index (χ0) is 22.4. The lowest BCUT2D eigenvalue weighted by Gasteiger charge is -2.20. The first-order valence-electron chi connectivity index (χ1n) is 9.57. The maximum atomic E-state index is 13.2. The zero-order valence-electron chi connectivity index (χ0n) is 17.2. The molecule has 3 aromatic carbocycles. The van der Waals surface area contributed by atoms with Gasteiger partial charge in [0.1, 0.15) is 11.6 Å². The second-order valence-electron chi connectivity index (χ2n) is 6.83. The van der Waals surface area contributed by atoms with Crippen LogP contribution in [0.5, 0.6) is 5.75 Å². The third-order valence-corrected chi connectivity index (χ3v) is 6.56. The van der Waals surface area contributed by atoms with Crippen LogP contribution in [-0.2, 0) is 16.4 Å². The number of carbonyl (C=O) groups is 1. The Hall–Kier alpha value is -3.39. The van der Waals surface area contributed by atoms with Gasteiger partial charge in [-0.05, 0) is 66.6 Å². The van der Waals surface area contributed by atoms with Gasteiger partial charge in [-0.15, -0.1) is 0 Å². The summed E-state index contributed by atoms with van der Waals surface area (Å²) in [6, 6.07) is 18.6. The van der Waals surface area contributed by atoms with Crippen LogP contribution in [-0.4, -0.2) is 35.0 Å². The number of ether oxygens (including phenoxy) is 1. The molecule has 1 N–H and O–H groups in total. The minimum atomic E-state index is -3.87. The Kier molecular flexibility index (Phi) is 6.91. The molecule has 0 saturated heterocycles. The molecule has 3 aromatic rings. The second-order valence-corrected chi connectivity index (χ2v) is 8.80. The van der Waals surface area contributed by atoms with Crippen molar-refractivity contribution in [3.05, 3.63) is 89.7 Å². The molecule has 0 aromatic heterocycles. The fourth-order valence-electron chi connectivity index (χ4n) is 3.00. The van der Waals surface area contributed by atoms with Crippen LogP contribution in [0.4, 0.5) is 10.1 Å². The molecular formula is C23H23FN2O4S. The van der Waals surface area contributed by atoms with Crippen LogP contribution in [0.3, 0.4) is 0 Å². The lowest BCUT2D eigenvalue weighted by molar-refractivity contribution is 0.0954. The van der Waals surface area contributed by atoms with Crippen LogP contribution in [0.1, 0.15) is 15.9 Å². The number of nitrogens with zero attached hydrogens (tertiary/aromatic N) is 1. The van der Waals surface area contributed by atoms with Gasteiger partial charge in [0.05, 0.1) is 17.7 Å². The van der Waals surface area contributed by atoms with Crippen molar-refractivity contribution in [2.75, 3.05) is 25.0 Å². The van der Waals surface area contributed by atoms with Crippen molar-refractivity contribution < 1.29 is 22.3 Å². The van der Waals surface area contributed by atoms with E-state index in [0.717, 1.165) is 9.87 Å². The number of nitrogens with one attached hydrogen (secondary N) is 1. The molecule has 3 rings (SSSR count). The number of halogens is 1. The van der Waals surface area contributed by atoms with Crippen LogP contribution >= 0.6 is 0 Å². The summed E-state index contributed by atoms with van der Waals surface area (Å²) in [6.07, 6.45) is 0.460. The van der Waals surface area contributed by atoms with Crippen molar-refractivity contribution in [2.45, 2.75) is 11.3 Å². The fourth-order valence-corrected chi connectivity index (χ4v) is 4.24. The Morgan fingerprint density at radius 3 is 2.42 bits per heavy atom. The van der Waals surface area contributed by atoms with E-state index in [1.54, 1.807) is 42.5 Å². The number of hydrogen-bond donors (Lipinski definition) is 1. The Morgan fingerprint density at radius 1 is 1.03 bits per heavy atom. The first-order chi connectivity index (χ1) is 14.8. The summed E-state index contributed by atoms with van der Waals surface area (Å²) in [5.41, 5.74) is 1.45. The molecule has 1 amide bonds. The molecule has 162 valence electrons. The van der Waals surface area contributed by atoms with Gasteiger partial charge < -0.3 is 10.1 Å². The van der Waals surface area contributed by atoms with Gasteiger partial charge in [-0.3, -0.25) is 9.10 Å². The predicted octanol–water partition coefficient (Wildman–Crippen LogP) is 3.63. The van der Waals surface area contributed by atoms with Crippen LogP contribution < -0.4 is 14.4 Å². The van der Waals surface area contributed by atoms with E-state index in [2.05, 4.69) is 5.32 Å². The van der Waals surface area contributed by atoms with Gasteiger partial charge in [-0.1, -0.05) is 18.2 Å². The molecule has 8 heteroatoms. The standard InChI is InChI=1S/C23H23FN2O4S/c1-26(20-9-11-21(30-2)12-10-20)31(28,29)22-8-4-6-18(16-22)23(27)25-14-13-17-5-3-7-19(24)15-17/h3-12,15-16H,13-14H2,1-2H3,(H,25,27). The van der Waals surface area contributed by atoms with Gasteiger partial charge in [0.25, 0.3) is 15.9 Å². The molecule has 6 nitrogen and oxygen atoms in total. The van der Waals surface area contributed by atoms with Gasteiger partial charge in [0, 0.05) is 19.2 Å². The number of methoxy groups -OCH3 is 1. The molecule has 31 heavy (non-hydrogen) atoms. The van der Waals surface area contributed by atoms with E-state index >= 15 is 0 Å². The smallest absolute Gasteiger partial charge is 0.264 e. The van der Waals surface area contributed by atoms with E-state index in [1.807, 2.05) is 0 Å². The molecule has 0 aliphatic carbocycles. The summed E-state index contributed by atoms with van der Waals surface area (Å²) in [5, 5.41) is 2.74. The lowest BCUT2D eigenvalue weighted by atomic mass is 10.1. The number of amides is 1. The highest BCUT2D eigenvalue weighted by atomic mass is 32.2. The van der Waals surface area contributed by atoms with Crippen LogP contribution in [0.2, 0.25) is 0 Å². The van der Waals surface area contributed by atoms with Crippen LogP contribution in [0.25, 0.3) is 0 Å². The average Bonchev–Trinajstić information content (AvgIpc) is 2.78. The van der Waals surface area contributed by atoms with E-state index in [0.29, 0.717) is 24.4 Å². The van der Waals surface area contributed by atoms with Gasteiger partial charge in [0.2, 0.25) is 0 Å². The third kappa shape index (κ3) is 5.40. The largest absolute Gasteiger partial charge is 0.497 e. The molecular weight excluding hydrogens is 419 g/mol. The minimum Gasteiger partial charge on any atom is -0.497 e. The van der Waals surface area contributed by atoms with Gasteiger partial charge >= 0.3 is 0 Å². The van der Waals surface area contributed by atoms with E-state index in [9.17, 15) is 17.6 Å². The molecule has 0 spiro atoms. The molecule has 0 fully saturated rings. The van der Waals surface area contributed by atoms with Gasteiger partial charge in [0.15, 0.2) is 0 Å². The van der Waals surface area contributed by atoms with E-state index in [1.165, 1.54) is 44.5 Å². The Balaban J connectivity index is 1.70. The zero-order valence-corrected chi connectivity index (χ0v) is 18.0. The summed E-state index contributed by atoms with van der Waals surface area (Å²) in [4.78, 5) is 12.5. The fraction of sp³-hybridized carbons (Fsp3) is 0.174. The molecule has 0 atom stereocenters. The summed E-state index contributed by atoms with van der Waals surface area (Å²) >= 11 is 0. The Morgan fingerprint density at radius 2 is 1.74 bits per heavy atom. The molecule has 0 heterocycles. The maximum Gasteiger partial charge on any atom is 0.264 e. The van der Waals surface area contributed by atoms with E-state index < -0.39 is 15.9 Å². The van der Waals surface area contributed by atoms with Crippen molar-refractivity contribution in [1.82, 2.24) is 5.32 Å². The Labute approximate surface area is 181 Å².